The van der Waals surface area contributed by atoms with Gasteiger partial charge in [-0.05, 0) is 38.8 Å². The van der Waals surface area contributed by atoms with Crippen LogP contribution in [0.1, 0.15) is 39.0 Å². The number of nitrogens with two attached hydrogens (primary N) is 1. The molecule has 0 bridgehead atoms. The molecule has 1 unspecified atom stereocenters. The van der Waals surface area contributed by atoms with Crippen LogP contribution in [0.15, 0.2) is 0 Å². The van der Waals surface area contributed by atoms with E-state index in [1.807, 2.05) is 6.92 Å². The lowest BCUT2D eigenvalue weighted by molar-refractivity contribution is -0.186. The number of nitrogens with zero attached hydrogens (tertiary/aromatic N) is 1. The molecule has 1 atom stereocenters. The predicted octanol–water partition coefficient (Wildman–Crippen LogP) is 2.53. The van der Waals surface area contributed by atoms with Crippen molar-refractivity contribution in [2.45, 2.75) is 57.3 Å². The SMILES string of the molecule is CCCCN(C1CC1)C(CCN)C(F)(F)F. The van der Waals surface area contributed by atoms with Gasteiger partial charge in [0, 0.05) is 6.04 Å². The molecule has 2 N–H and O–H groups in total. The van der Waals surface area contributed by atoms with Gasteiger partial charge < -0.3 is 5.73 Å². The third-order valence-electron chi connectivity index (χ3n) is 3.00. The van der Waals surface area contributed by atoms with Gasteiger partial charge in [-0.1, -0.05) is 13.3 Å². The molecule has 0 aromatic carbocycles. The van der Waals surface area contributed by atoms with Crippen molar-refractivity contribution in [3.8, 4) is 0 Å². The molecular weight excluding hydrogens is 217 g/mol. The molecular formula is C11H21F3N2. The minimum Gasteiger partial charge on any atom is -0.330 e. The predicted molar refractivity (Wildman–Crippen MR) is 58.2 cm³/mol. The third kappa shape index (κ3) is 3.94. The number of unbranched alkanes of at least 4 members (excludes halogenated alkanes) is 1. The Hall–Kier alpha value is -0.290. The highest BCUT2D eigenvalue weighted by Gasteiger charge is 2.46. The molecule has 1 aliphatic carbocycles. The van der Waals surface area contributed by atoms with Crippen LogP contribution in [0.25, 0.3) is 0 Å². The standard InChI is InChI=1S/C11H21F3N2/c1-2-3-8-16(9-4-5-9)10(6-7-15)11(12,13)14/h9-10H,2-8,15H2,1H3. The highest BCUT2D eigenvalue weighted by Crippen LogP contribution is 2.36. The van der Waals surface area contributed by atoms with E-state index in [9.17, 15) is 13.2 Å². The van der Waals surface area contributed by atoms with E-state index in [1.54, 1.807) is 4.90 Å². The van der Waals surface area contributed by atoms with Crippen LogP contribution in [0.3, 0.4) is 0 Å². The minimum absolute atomic E-state index is 0.0176. The van der Waals surface area contributed by atoms with E-state index in [0.29, 0.717) is 6.54 Å². The van der Waals surface area contributed by atoms with Crippen molar-refractivity contribution in [1.29, 1.82) is 0 Å². The molecule has 16 heavy (non-hydrogen) atoms. The van der Waals surface area contributed by atoms with Gasteiger partial charge in [0.05, 0.1) is 0 Å². The van der Waals surface area contributed by atoms with Crippen LogP contribution < -0.4 is 5.73 Å². The summed E-state index contributed by atoms with van der Waals surface area (Å²) in [6.45, 7) is 2.64. The number of hydrogen-bond acceptors (Lipinski definition) is 2. The second-order valence-corrected chi connectivity index (χ2v) is 4.46. The largest absolute Gasteiger partial charge is 0.404 e. The third-order valence-corrected chi connectivity index (χ3v) is 3.00. The highest BCUT2D eigenvalue weighted by molar-refractivity contribution is 4.91. The average molecular weight is 238 g/mol. The van der Waals surface area contributed by atoms with Crippen LogP contribution in [0.5, 0.6) is 0 Å². The molecule has 1 saturated carbocycles. The molecule has 96 valence electrons. The molecule has 0 saturated heterocycles. The molecule has 1 aliphatic rings. The van der Waals surface area contributed by atoms with Gasteiger partial charge in [-0.2, -0.15) is 13.2 Å². The van der Waals surface area contributed by atoms with Gasteiger partial charge in [0.15, 0.2) is 0 Å². The quantitative estimate of drug-likeness (QED) is 0.738. The summed E-state index contributed by atoms with van der Waals surface area (Å²) in [7, 11) is 0. The molecule has 2 nitrogen and oxygen atoms in total. The summed E-state index contributed by atoms with van der Waals surface area (Å²) in [5.41, 5.74) is 5.29. The van der Waals surface area contributed by atoms with Gasteiger partial charge in [0.1, 0.15) is 6.04 Å². The fraction of sp³-hybridized carbons (Fsp3) is 1.00. The van der Waals surface area contributed by atoms with Crippen molar-refractivity contribution in [3.05, 3.63) is 0 Å². The Morgan fingerprint density at radius 2 is 2.00 bits per heavy atom. The van der Waals surface area contributed by atoms with E-state index in [2.05, 4.69) is 0 Å². The maximum absolute atomic E-state index is 12.9. The number of alkyl halides is 3. The lowest BCUT2D eigenvalue weighted by atomic mass is 10.1. The van der Waals surface area contributed by atoms with Crippen LogP contribution in [-0.4, -0.2) is 36.2 Å². The first-order valence-electron chi connectivity index (χ1n) is 6.03. The average Bonchev–Trinajstić information content (AvgIpc) is 2.99. The van der Waals surface area contributed by atoms with Gasteiger partial charge in [-0.25, -0.2) is 0 Å². The lowest BCUT2D eigenvalue weighted by Crippen LogP contribution is -2.48. The van der Waals surface area contributed by atoms with Gasteiger partial charge in [-0.3, -0.25) is 4.90 Å². The summed E-state index contributed by atoms with van der Waals surface area (Å²) < 4.78 is 38.6. The smallest absolute Gasteiger partial charge is 0.330 e. The second kappa shape index (κ2) is 5.87. The van der Waals surface area contributed by atoms with Crippen molar-refractivity contribution < 1.29 is 13.2 Å². The molecule has 0 aliphatic heterocycles. The lowest BCUT2D eigenvalue weighted by Gasteiger charge is -2.33. The minimum atomic E-state index is -4.14. The van der Waals surface area contributed by atoms with E-state index >= 15 is 0 Å². The molecule has 0 heterocycles. The van der Waals surface area contributed by atoms with Crippen molar-refractivity contribution in [1.82, 2.24) is 4.90 Å². The van der Waals surface area contributed by atoms with Crippen LogP contribution >= 0.6 is 0 Å². The summed E-state index contributed by atoms with van der Waals surface area (Å²) >= 11 is 0. The molecule has 1 fully saturated rings. The summed E-state index contributed by atoms with van der Waals surface area (Å²) in [6, 6.07) is -1.19. The highest BCUT2D eigenvalue weighted by atomic mass is 19.4. The Labute approximate surface area is 95.0 Å². The second-order valence-electron chi connectivity index (χ2n) is 4.46. The van der Waals surface area contributed by atoms with E-state index in [4.69, 9.17) is 5.73 Å². The summed E-state index contributed by atoms with van der Waals surface area (Å²) in [4.78, 5) is 1.62. The van der Waals surface area contributed by atoms with E-state index in [0.717, 1.165) is 25.7 Å². The fourth-order valence-electron chi connectivity index (χ4n) is 2.02. The monoisotopic (exact) mass is 238 g/mol. The zero-order valence-electron chi connectivity index (χ0n) is 9.76. The number of rotatable bonds is 7. The van der Waals surface area contributed by atoms with Crippen molar-refractivity contribution in [2.75, 3.05) is 13.1 Å². The van der Waals surface area contributed by atoms with Gasteiger partial charge in [0.2, 0.25) is 0 Å². The van der Waals surface area contributed by atoms with Gasteiger partial charge in [-0.15, -0.1) is 0 Å². The Morgan fingerprint density at radius 1 is 1.38 bits per heavy atom. The van der Waals surface area contributed by atoms with Crippen molar-refractivity contribution >= 4 is 0 Å². The molecule has 0 spiro atoms. The van der Waals surface area contributed by atoms with Crippen LogP contribution in [0, 0.1) is 0 Å². The van der Waals surface area contributed by atoms with Gasteiger partial charge in [0.25, 0.3) is 0 Å². The Balaban J connectivity index is 2.62. The zero-order valence-corrected chi connectivity index (χ0v) is 9.76. The van der Waals surface area contributed by atoms with E-state index in [1.165, 1.54) is 0 Å². The maximum atomic E-state index is 12.9. The summed E-state index contributed by atoms with van der Waals surface area (Å²) in [6.07, 6.45) is -0.564. The Morgan fingerprint density at radius 3 is 2.38 bits per heavy atom. The summed E-state index contributed by atoms with van der Waals surface area (Å²) in [5.74, 6) is 0. The summed E-state index contributed by atoms with van der Waals surface area (Å²) in [5, 5.41) is 0. The fourth-order valence-corrected chi connectivity index (χ4v) is 2.02. The van der Waals surface area contributed by atoms with E-state index in [-0.39, 0.29) is 19.0 Å². The molecule has 0 radical (unpaired) electrons. The topological polar surface area (TPSA) is 29.3 Å². The molecule has 0 aromatic heterocycles. The van der Waals surface area contributed by atoms with Crippen molar-refractivity contribution in [2.24, 2.45) is 5.73 Å². The number of halogens is 3. The Bertz CT molecular complexity index is 202. The number of hydrogen-bond donors (Lipinski definition) is 1. The first-order valence-corrected chi connectivity index (χ1v) is 6.03. The van der Waals surface area contributed by atoms with Crippen LogP contribution in [-0.2, 0) is 0 Å². The van der Waals surface area contributed by atoms with Crippen LogP contribution in [0.2, 0.25) is 0 Å². The van der Waals surface area contributed by atoms with Crippen LogP contribution in [0.4, 0.5) is 13.2 Å². The Kier molecular flexibility index (Phi) is 5.05. The first-order chi connectivity index (χ1) is 7.50. The molecule has 0 amide bonds. The maximum Gasteiger partial charge on any atom is 0.404 e. The molecule has 0 aromatic rings. The van der Waals surface area contributed by atoms with Crippen molar-refractivity contribution in [3.63, 3.8) is 0 Å². The molecule has 5 heteroatoms. The zero-order chi connectivity index (χ0) is 12.2. The normalized spacial score (nSPS) is 19.1. The first kappa shape index (κ1) is 13.8. The van der Waals surface area contributed by atoms with Gasteiger partial charge >= 0.3 is 6.18 Å². The molecule has 1 rings (SSSR count). The van der Waals surface area contributed by atoms with E-state index < -0.39 is 12.2 Å².